The molecule has 1 aliphatic heterocycles. The normalized spacial score (nSPS) is 49.8. The molecule has 2 fully saturated rings. The van der Waals surface area contributed by atoms with Gasteiger partial charge in [-0.3, -0.25) is 4.79 Å². The summed E-state index contributed by atoms with van der Waals surface area (Å²) in [4.78, 5) is 11.6. The Kier molecular flexibility index (Phi) is 1.37. The molecule has 2 heteroatoms. The fourth-order valence-electron chi connectivity index (χ4n) is 2.36. The van der Waals surface area contributed by atoms with Crippen LogP contribution < -0.4 is 0 Å². The Balaban J connectivity index is 2.30. The van der Waals surface area contributed by atoms with E-state index in [0.717, 1.165) is 19.4 Å². The SMILES string of the molecule is CC1CC2OCCC2(C)C1=O. The lowest BCUT2D eigenvalue weighted by Gasteiger charge is -2.19. The first-order chi connectivity index (χ1) is 5.14. The van der Waals surface area contributed by atoms with Crippen molar-refractivity contribution in [1.29, 1.82) is 0 Å². The van der Waals surface area contributed by atoms with Gasteiger partial charge < -0.3 is 4.74 Å². The van der Waals surface area contributed by atoms with E-state index in [1.54, 1.807) is 0 Å². The van der Waals surface area contributed by atoms with E-state index in [9.17, 15) is 4.79 Å². The summed E-state index contributed by atoms with van der Waals surface area (Å²) in [5, 5.41) is 0. The average Bonchev–Trinajstić information content (AvgIpc) is 2.39. The predicted octanol–water partition coefficient (Wildman–Crippen LogP) is 1.39. The highest BCUT2D eigenvalue weighted by Gasteiger charge is 2.53. The second-order valence-corrected chi connectivity index (χ2v) is 4.03. The molecule has 0 aromatic heterocycles. The molecule has 0 amide bonds. The van der Waals surface area contributed by atoms with Crippen LogP contribution in [0.15, 0.2) is 0 Å². The second-order valence-electron chi connectivity index (χ2n) is 4.03. The number of ketones is 1. The fraction of sp³-hybridized carbons (Fsp3) is 0.889. The molecule has 3 atom stereocenters. The van der Waals surface area contributed by atoms with Gasteiger partial charge in [-0.15, -0.1) is 0 Å². The molecule has 1 aliphatic carbocycles. The third-order valence-corrected chi connectivity index (χ3v) is 3.23. The summed E-state index contributed by atoms with van der Waals surface area (Å²) in [6, 6.07) is 0. The van der Waals surface area contributed by atoms with Crippen molar-refractivity contribution in [3.8, 4) is 0 Å². The standard InChI is InChI=1S/C9H14O2/c1-6-5-7-9(2,8(6)10)3-4-11-7/h6-7H,3-5H2,1-2H3. The first kappa shape index (κ1) is 7.29. The van der Waals surface area contributed by atoms with E-state index in [1.807, 2.05) is 6.92 Å². The zero-order valence-electron chi connectivity index (χ0n) is 7.09. The smallest absolute Gasteiger partial charge is 0.144 e. The molecule has 2 aliphatic rings. The first-order valence-corrected chi connectivity index (χ1v) is 4.30. The summed E-state index contributed by atoms with van der Waals surface area (Å²) in [7, 11) is 0. The Hall–Kier alpha value is -0.370. The number of hydrogen-bond acceptors (Lipinski definition) is 2. The molecule has 1 saturated heterocycles. The quantitative estimate of drug-likeness (QED) is 0.527. The van der Waals surface area contributed by atoms with Gasteiger partial charge >= 0.3 is 0 Å². The average molecular weight is 154 g/mol. The van der Waals surface area contributed by atoms with Crippen molar-refractivity contribution in [2.24, 2.45) is 11.3 Å². The van der Waals surface area contributed by atoms with Crippen LogP contribution in [0.5, 0.6) is 0 Å². The summed E-state index contributed by atoms with van der Waals surface area (Å²) in [5.74, 6) is 0.644. The topological polar surface area (TPSA) is 26.3 Å². The van der Waals surface area contributed by atoms with Gasteiger partial charge in [-0.05, 0) is 12.8 Å². The predicted molar refractivity (Wildman–Crippen MR) is 41.3 cm³/mol. The van der Waals surface area contributed by atoms with E-state index in [1.165, 1.54) is 0 Å². The van der Waals surface area contributed by atoms with E-state index in [-0.39, 0.29) is 17.4 Å². The highest BCUT2D eigenvalue weighted by Crippen LogP contribution is 2.46. The number of fused-ring (bicyclic) bond motifs is 1. The second kappa shape index (κ2) is 2.07. The summed E-state index contributed by atoms with van der Waals surface area (Å²) in [5.41, 5.74) is -0.126. The molecule has 62 valence electrons. The lowest BCUT2D eigenvalue weighted by Crippen LogP contribution is -2.28. The molecule has 0 N–H and O–H groups in total. The molecule has 0 aromatic rings. The van der Waals surface area contributed by atoms with Crippen molar-refractivity contribution >= 4 is 5.78 Å². The third kappa shape index (κ3) is 0.791. The summed E-state index contributed by atoms with van der Waals surface area (Å²) in [6.07, 6.45) is 2.10. The number of carbonyl (C=O) groups excluding carboxylic acids is 1. The number of carbonyl (C=O) groups is 1. The lowest BCUT2D eigenvalue weighted by molar-refractivity contribution is -0.128. The van der Waals surface area contributed by atoms with Crippen LogP contribution in [0.1, 0.15) is 26.7 Å². The zero-order chi connectivity index (χ0) is 8.06. The largest absolute Gasteiger partial charge is 0.377 e. The zero-order valence-corrected chi connectivity index (χ0v) is 7.09. The van der Waals surface area contributed by atoms with Crippen LogP contribution in [0, 0.1) is 11.3 Å². The summed E-state index contributed by atoms with van der Waals surface area (Å²) >= 11 is 0. The van der Waals surface area contributed by atoms with Crippen LogP contribution in [0.3, 0.4) is 0 Å². The molecule has 0 radical (unpaired) electrons. The Morgan fingerprint density at radius 1 is 1.64 bits per heavy atom. The maximum absolute atomic E-state index is 11.6. The molecule has 2 nitrogen and oxygen atoms in total. The van der Waals surface area contributed by atoms with Crippen molar-refractivity contribution in [1.82, 2.24) is 0 Å². The minimum atomic E-state index is -0.126. The highest BCUT2D eigenvalue weighted by molar-refractivity contribution is 5.89. The molecule has 0 bridgehead atoms. The molecular formula is C9H14O2. The first-order valence-electron chi connectivity index (χ1n) is 4.30. The van der Waals surface area contributed by atoms with Crippen LogP contribution in [0.25, 0.3) is 0 Å². The third-order valence-electron chi connectivity index (χ3n) is 3.23. The van der Waals surface area contributed by atoms with E-state index in [0.29, 0.717) is 5.78 Å². The Morgan fingerprint density at radius 2 is 2.36 bits per heavy atom. The monoisotopic (exact) mass is 154 g/mol. The molecule has 0 spiro atoms. The van der Waals surface area contributed by atoms with E-state index in [4.69, 9.17) is 4.74 Å². The van der Waals surface area contributed by atoms with Crippen molar-refractivity contribution in [3.05, 3.63) is 0 Å². The van der Waals surface area contributed by atoms with Crippen LogP contribution in [0.2, 0.25) is 0 Å². The number of Topliss-reactive ketones (excluding diaryl/α,β-unsaturated/α-hetero) is 1. The van der Waals surface area contributed by atoms with Gasteiger partial charge in [0.15, 0.2) is 0 Å². The molecule has 2 rings (SSSR count). The summed E-state index contributed by atoms with van der Waals surface area (Å²) in [6.45, 7) is 4.84. The molecule has 0 aromatic carbocycles. The van der Waals surface area contributed by atoms with E-state index < -0.39 is 0 Å². The van der Waals surface area contributed by atoms with Gasteiger partial charge in [-0.2, -0.15) is 0 Å². The fourth-order valence-corrected chi connectivity index (χ4v) is 2.36. The minimum absolute atomic E-state index is 0.126. The van der Waals surface area contributed by atoms with Crippen molar-refractivity contribution < 1.29 is 9.53 Å². The molecule has 1 saturated carbocycles. The van der Waals surface area contributed by atoms with Crippen LogP contribution >= 0.6 is 0 Å². The highest BCUT2D eigenvalue weighted by atomic mass is 16.5. The van der Waals surface area contributed by atoms with E-state index in [2.05, 4.69) is 6.92 Å². The Bertz CT molecular complexity index is 200. The summed E-state index contributed by atoms with van der Waals surface area (Å²) < 4.78 is 5.50. The van der Waals surface area contributed by atoms with Crippen molar-refractivity contribution in [3.63, 3.8) is 0 Å². The number of ether oxygens (including phenoxy) is 1. The van der Waals surface area contributed by atoms with Gasteiger partial charge in [0.25, 0.3) is 0 Å². The van der Waals surface area contributed by atoms with Gasteiger partial charge in [0, 0.05) is 12.5 Å². The van der Waals surface area contributed by atoms with Gasteiger partial charge in [0.1, 0.15) is 5.78 Å². The van der Waals surface area contributed by atoms with Crippen molar-refractivity contribution in [2.75, 3.05) is 6.61 Å². The Morgan fingerprint density at radius 3 is 3.00 bits per heavy atom. The number of rotatable bonds is 0. The van der Waals surface area contributed by atoms with Gasteiger partial charge in [-0.1, -0.05) is 13.8 Å². The molecule has 3 unspecified atom stereocenters. The maximum Gasteiger partial charge on any atom is 0.144 e. The maximum atomic E-state index is 11.6. The lowest BCUT2D eigenvalue weighted by atomic mass is 9.83. The molecule has 1 heterocycles. The molecular weight excluding hydrogens is 140 g/mol. The Labute approximate surface area is 66.9 Å². The van der Waals surface area contributed by atoms with Crippen LogP contribution in [0.4, 0.5) is 0 Å². The van der Waals surface area contributed by atoms with Crippen molar-refractivity contribution in [2.45, 2.75) is 32.8 Å². The molecule has 11 heavy (non-hydrogen) atoms. The number of hydrogen-bond donors (Lipinski definition) is 0. The van der Waals surface area contributed by atoms with Crippen LogP contribution in [-0.2, 0) is 9.53 Å². The van der Waals surface area contributed by atoms with Gasteiger partial charge in [0.2, 0.25) is 0 Å². The van der Waals surface area contributed by atoms with Gasteiger partial charge in [-0.25, -0.2) is 0 Å². The minimum Gasteiger partial charge on any atom is -0.377 e. The van der Waals surface area contributed by atoms with Gasteiger partial charge in [0.05, 0.1) is 11.5 Å². The van der Waals surface area contributed by atoms with Crippen LogP contribution in [-0.4, -0.2) is 18.5 Å². The van der Waals surface area contributed by atoms with E-state index >= 15 is 0 Å².